The van der Waals surface area contributed by atoms with Crippen LogP contribution in [0.2, 0.25) is 0 Å². The number of aryl methyl sites for hydroxylation is 2. The van der Waals surface area contributed by atoms with Gasteiger partial charge in [-0.15, -0.1) is 0 Å². The molecule has 0 aliphatic carbocycles. The molecule has 0 fully saturated rings. The summed E-state index contributed by atoms with van der Waals surface area (Å²) in [5, 5.41) is 6.89. The number of nitrogens with one attached hydrogen (secondary N) is 2. The van der Waals surface area contributed by atoms with Crippen LogP contribution in [0.4, 0.5) is 11.4 Å². The van der Waals surface area contributed by atoms with E-state index in [0.29, 0.717) is 11.4 Å². The fourth-order valence-corrected chi connectivity index (χ4v) is 2.30. The Morgan fingerprint density at radius 3 is 2.35 bits per heavy atom. The molecule has 0 unspecified atom stereocenters. The van der Waals surface area contributed by atoms with E-state index in [1.165, 1.54) is 0 Å². The van der Waals surface area contributed by atoms with Gasteiger partial charge in [-0.2, -0.15) is 5.10 Å². The molecule has 26 heavy (non-hydrogen) atoms. The zero-order valence-electron chi connectivity index (χ0n) is 15.3. The highest BCUT2D eigenvalue weighted by atomic mass is 16.2. The molecule has 6 heteroatoms. The molecule has 0 saturated carbocycles. The number of carbonyl (C=O) groups is 2. The Bertz CT molecular complexity index is 826. The number of amides is 2. The first kappa shape index (κ1) is 19.2. The molecule has 0 radical (unpaired) electrons. The lowest BCUT2D eigenvalue weighted by Crippen LogP contribution is -2.22. The van der Waals surface area contributed by atoms with Crippen molar-refractivity contribution in [3.8, 4) is 0 Å². The first-order chi connectivity index (χ1) is 12.3. The Morgan fingerprint density at radius 1 is 1.00 bits per heavy atom. The molecule has 0 spiro atoms. The summed E-state index contributed by atoms with van der Waals surface area (Å²) in [6.07, 6.45) is 0.158. The highest BCUT2D eigenvalue weighted by Crippen LogP contribution is 2.16. The van der Waals surface area contributed by atoms with Crippen LogP contribution < -0.4 is 16.5 Å². The minimum absolute atomic E-state index is 0.0647. The standard InChI is InChI=1S/C20H24N4O2/c1-13-4-5-14(2)18(12-13)22-19(25)10-11-20(26)24-23-15(3)16-6-8-17(21)9-7-16/h4-9,12H,10-11,21H2,1-3H3,(H,22,25)(H,24,26). The van der Waals surface area contributed by atoms with Gasteiger partial charge >= 0.3 is 0 Å². The van der Waals surface area contributed by atoms with Crippen LogP contribution in [0.15, 0.2) is 47.6 Å². The first-order valence-electron chi connectivity index (χ1n) is 8.41. The molecular weight excluding hydrogens is 328 g/mol. The van der Waals surface area contributed by atoms with Crippen molar-refractivity contribution in [3.05, 3.63) is 59.2 Å². The molecule has 0 heterocycles. The van der Waals surface area contributed by atoms with Crippen LogP contribution in [0.25, 0.3) is 0 Å². The fraction of sp³-hybridized carbons (Fsp3) is 0.250. The van der Waals surface area contributed by atoms with E-state index >= 15 is 0 Å². The van der Waals surface area contributed by atoms with Crippen LogP contribution in [0.5, 0.6) is 0 Å². The molecule has 2 aromatic carbocycles. The van der Waals surface area contributed by atoms with E-state index in [0.717, 1.165) is 22.4 Å². The van der Waals surface area contributed by atoms with E-state index in [4.69, 9.17) is 5.73 Å². The molecule has 0 saturated heterocycles. The number of rotatable bonds is 6. The summed E-state index contributed by atoms with van der Waals surface area (Å²) in [6.45, 7) is 5.68. The van der Waals surface area contributed by atoms with Gasteiger partial charge in [-0.25, -0.2) is 5.43 Å². The smallest absolute Gasteiger partial charge is 0.240 e. The third-order valence-corrected chi connectivity index (χ3v) is 3.92. The lowest BCUT2D eigenvalue weighted by Gasteiger charge is -2.09. The highest BCUT2D eigenvalue weighted by Gasteiger charge is 2.08. The van der Waals surface area contributed by atoms with Gasteiger partial charge in [-0.3, -0.25) is 9.59 Å². The third-order valence-electron chi connectivity index (χ3n) is 3.92. The fourth-order valence-electron chi connectivity index (χ4n) is 2.30. The van der Waals surface area contributed by atoms with Crippen LogP contribution in [-0.4, -0.2) is 17.5 Å². The average Bonchev–Trinajstić information content (AvgIpc) is 2.61. The average molecular weight is 352 g/mol. The molecule has 2 rings (SSSR count). The van der Waals surface area contributed by atoms with Crippen molar-refractivity contribution < 1.29 is 9.59 Å². The summed E-state index contributed by atoms with van der Waals surface area (Å²) < 4.78 is 0. The number of nitrogen functional groups attached to an aromatic ring is 1. The lowest BCUT2D eigenvalue weighted by atomic mass is 10.1. The number of nitrogens with two attached hydrogens (primary N) is 1. The Balaban J connectivity index is 1.82. The predicted octanol–water partition coefficient (Wildman–Crippen LogP) is 3.14. The molecule has 136 valence electrons. The van der Waals surface area contributed by atoms with Crippen LogP contribution in [0, 0.1) is 13.8 Å². The second kappa shape index (κ2) is 8.80. The van der Waals surface area contributed by atoms with Crippen molar-refractivity contribution in [2.45, 2.75) is 33.6 Å². The first-order valence-corrected chi connectivity index (χ1v) is 8.41. The number of nitrogens with zero attached hydrogens (tertiary/aromatic N) is 1. The van der Waals surface area contributed by atoms with Gasteiger partial charge in [0.2, 0.25) is 11.8 Å². The van der Waals surface area contributed by atoms with E-state index in [9.17, 15) is 9.59 Å². The number of benzene rings is 2. The minimum atomic E-state index is -0.309. The second-order valence-electron chi connectivity index (χ2n) is 6.22. The van der Waals surface area contributed by atoms with Gasteiger partial charge in [-0.05, 0) is 55.7 Å². The van der Waals surface area contributed by atoms with E-state index < -0.39 is 0 Å². The van der Waals surface area contributed by atoms with Crippen LogP contribution in [0.1, 0.15) is 36.5 Å². The normalized spacial score (nSPS) is 11.1. The third kappa shape index (κ3) is 5.73. The summed E-state index contributed by atoms with van der Waals surface area (Å²) in [6, 6.07) is 13.1. The van der Waals surface area contributed by atoms with Gasteiger partial charge in [0.25, 0.3) is 0 Å². The minimum Gasteiger partial charge on any atom is -0.399 e. The molecule has 2 amide bonds. The molecular formula is C20H24N4O2. The Labute approximate surface area is 153 Å². The van der Waals surface area contributed by atoms with Gasteiger partial charge in [0.15, 0.2) is 0 Å². The van der Waals surface area contributed by atoms with Gasteiger partial charge in [0.1, 0.15) is 0 Å². The maximum absolute atomic E-state index is 12.0. The van der Waals surface area contributed by atoms with Gasteiger partial charge in [0, 0.05) is 24.2 Å². The van der Waals surface area contributed by atoms with Gasteiger partial charge < -0.3 is 11.1 Å². The number of anilines is 2. The zero-order chi connectivity index (χ0) is 19.1. The van der Waals surface area contributed by atoms with Crippen molar-refractivity contribution in [2.75, 3.05) is 11.1 Å². The monoisotopic (exact) mass is 352 g/mol. The Morgan fingerprint density at radius 2 is 1.65 bits per heavy atom. The molecule has 6 nitrogen and oxygen atoms in total. The van der Waals surface area contributed by atoms with Crippen LogP contribution >= 0.6 is 0 Å². The van der Waals surface area contributed by atoms with Crippen LogP contribution in [-0.2, 0) is 9.59 Å². The summed E-state index contributed by atoms with van der Waals surface area (Å²) in [5.74, 6) is -0.510. The molecule has 0 aliphatic heterocycles. The van der Waals surface area contributed by atoms with Crippen molar-refractivity contribution in [2.24, 2.45) is 5.10 Å². The zero-order valence-corrected chi connectivity index (χ0v) is 15.3. The van der Waals surface area contributed by atoms with Crippen molar-refractivity contribution in [3.63, 3.8) is 0 Å². The number of hydrazone groups is 1. The van der Waals surface area contributed by atoms with Gasteiger partial charge in [0.05, 0.1) is 5.71 Å². The molecule has 0 aromatic heterocycles. The largest absolute Gasteiger partial charge is 0.399 e. The van der Waals surface area contributed by atoms with Crippen molar-refractivity contribution >= 4 is 28.9 Å². The highest BCUT2D eigenvalue weighted by molar-refractivity contribution is 5.99. The van der Waals surface area contributed by atoms with Crippen molar-refractivity contribution in [1.82, 2.24) is 5.43 Å². The SMILES string of the molecule is CC(=NNC(=O)CCC(=O)Nc1cc(C)ccc1C)c1ccc(N)cc1. The van der Waals surface area contributed by atoms with E-state index in [1.54, 1.807) is 19.1 Å². The summed E-state index contributed by atoms with van der Waals surface area (Å²) in [4.78, 5) is 23.9. The number of carbonyl (C=O) groups excluding carboxylic acids is 2. The molecule has 4 N–H and O–H groups in total. The number of hydrogen-bond acceptors (Lipinski definition) is 4. The summed E-state index contributed by atoms with van der Waals surface area (Å²) in [5.41, 5.74) is 13.1. The molecule has 2 aromatic rings. The van der Waals surface area contributed by atoms with E-state index in [-0.39, 0.29) is 24.7 Å². The molecule has 0 bridgehead atoms. The predicted molar refractivity (Wildman–Crippen MR) is 105 cm³/mol. The lowest BCUT2D eigenvalue weighted by molar-refractivity contribution is -0.124. The Kier molecular flexibility index (Phi) is 6.49. The maximum atomic E-state index is 12.0. The Hall–Kier alpha value is -3.15. The molecule has 0 aliphatic rings. The molecule has 0 atom stereocenters. The summed E-state index contributed by atoms with van der Waals surface area (Å²) in [7, 11) is 0. The van der Waals surface area contributed by atoms with E-state index in [1.807, 2.05) is 44.2 Å². The quantitative estimate of drug-likeness (QED) is 0.423. The summed E-state index contributed by atoms with van der Waals surface area (Å²) >= 11 is 0. The maximum Gasteiger partial charge on any atom is 0.240 e. The van der Waals surface area contributed by atoms with E-state index in [2.05, 4.69) is 15.8 Å². The van der Waals surface area contributed by atoms with Gasteiger partial charge in [-0.1, -0.05) is 24.3 Å². The van der Waals surface area contributed by atoms with Crippen LogP contribution in [0.3, 0.4) is 0 Å². The van der Waals surface area contributed by atoms with Crippen molar-refractivity contribution in [1.29, 1.82) is 0 Å². The second-order valence-corrected chi connectivity index (χ2v) is 6.22. The number of hydrogen-bond donors (Lipinski definition) is 3. The topological polar surface area (TPSA) is 96.6 Å².